The molecular weight excluding hydrogens is 230 g/mol. The number of hydrogen-bond acceptors (Lipinski definition) is 3. The fourth-order valence-corrected chi connectivity index (χ4v) is 2.55. The van der Waals surface area contributed by atoms with Crippen molar-refractivity contribution < 1.29 is 14.6 Å². The van der Waals surface area contributed by atoms with Gasteiger partial charge >= 0.3 is 0 Å². The number of amides is 1. The lowest BCUT2D eigenvalue weighted by atomic mass is 9.99. The highest BCUT2D eigenvalue weighted by Gasteiger charge is 2.27. The van der Waals surface area contributed by atoms with Crippen LogP contribution < -0.4 is 0 Å². The summed E-state index contributed by atoms with van der Waals surface area (Å²) in [5.74, 6) is 0.233. The number of aliphatic hydroxyl groups is 1. The van der Waals surface area contributed by atoms with Crippen molar-refractivity contribution >= 4 is 5.91 Å². The molecule has 2 atom stereocenters. The predicted molar refractivity (Wildman–Crippen MR) is 71.4 cm³/mol. The van der Waals surface area contributed by atoms with Crippen molar-refractivity contribution in [1.29, 1.82) is 0 Å². The van der Waals surface area contributed by atoms with Crippen LogP contribution in [0, 0.1) is 0 Å². The summed E-state index contributed by atoms with van der Waals surface area (Å²) in [5.41, 5.74) is -0.350. The van der Waals surface area contributed by atoms with Gasteiger partial charge in [-0.05, 0) is 33.6 Å². The van der Waals surface area contributed by atoms with E-state index in [2.05, 4.69) is 0 Å². The molecule has 1 aliphatic rings. The summed E-state index contributed by atoms with van der Waals surface area (Å²) in [4.78, 5) is 13.4. The van der Waals surface area contributed by atoms with Gasteiger partial charge in [0.1, 0.15) is 0 Å². The zero-order chi connectivity index (χ0) is 13.8. The predicted octanol–water partition coefficient (Wildman–Crippen LogP) is 1.95. The Labute approximate surface area is 110 Å². The summed E-state index contributed by atoms with van der Waals surface area (Å²) in [7, 11) is 0. The van der Waals surface area contributed by atoms with E-state index in [9.17, 15) is 9.90 Å². The van der Waals surface area contributed by atoms with Crippen LogP contribution >= 0.6 is 0 Å². The minimum absolute atomic E-state index is 0.00565. The largest absolute Gasteiger partial charge is 0.393 e. The number of carbonyl (C=O) groups excluding carboxylic acids is 1. The third-order valence-electron chi connectivity index (χ3n) is 3.37. The second kappa shape index (κ2) is 6.53. The van der Waals surface area contributed by atoms with E-state index in [-0.39, 0.29) is 23.7 Å². The molecule has 1 amide bonds. The number of nitrogens with zero attached hydrogens (tertiary/aromatic N) is 1. The van der Waals surface area contributed by atoms with E-state index in [1.165, 1.54) is 0 Å². The Bertz CT molecular complexity index is 278. The second-order valence-corrected chi connectivity index (χ2v) is 5.90. The third-order valence-corrected chi connectivity index (χ3v) is 3.37. The van der Waals surface area contributed by atoms with Gasteiger partial charge in [-0.1, -0.05) is 6.92 Å². The van der Waals surface area contributed by atoms with Gasteiger partial charge < -0.3 is 14.7 Å². The van der Waals surface area contributed by atoms with Crippen molar-refractivity contribution in [2.24, 2.45) is 0 Å². The number of carbonyl (C=O) groups is 1. The Morgan fingerprint density at radius 2 is 2.17 bits per heavy atom. The van der Waals surface area contributed by atoms with E-state index in [1.807, 2.05) is 32.6 Å². The molecule has 0 aliphatic carbocycles. The Balaban J connectivity index is 2.38. The molecular formula is C14H27NO3. The van der Waals surface area contributed by atoms with Crippen LogP contribution in [0.25, 0.3) is 0 Å². The van der Waals surface area contributed by atoms with E-state index < -0.39 is 0 Å². The molecule has 18 heavy (non-hydrogen) atoms. The molecule has 0 saturated carbocycles. The molecule has 4 nitrogen and oxygen atoms in total. The van der Waals surface area contributed by atoms with Gasteiger partial charge in [-0.15, -0.1) is 0 Å². The fourth-order valence-electron chi connectivity index (χ4n) is 2.55. The molecule has 4 heteroatoms. The van der Waals surface area contributed by atoms with Crippen LogP contribution in [0.4, 0.5) is 0 Å². The average Bonchev–Trinajstić information content (AvgIpc) is 2.62. The molecule has 0 radical (unpaired) electrons. The molecule has 0 aromatic heterocycles. The summed E-state index contributed by atoms with van der Waals surface area (Å²) in [6, 6.07) is 0. The Kier molecular flexibility index (Phi) is 5.60. The highest BCUT2D eigenvalue weighted by molar-refractivity contribution is 5.78. The monoisotopic (exact) mass is 257 g/mol. The molecule has 2 unspecified atom stereocenters. The van der Waals surface area contributed by atoms with Gasteiger partial charge in [0.25, 0.3) is 0 Å². The lowest BCUT2D eigenvalue weighted by Gasteiger charge is -2.32. The van der Waals surface area contributed by atoms with Crippen molar-refractivity contribution in [1.82, 2.24) is 4.90 Å². The van der Waals surface area contributed by atoms with Crippen LogP contribution in [0.2, 0.25) is 0 Å². The minimum atomic E-state index is -0.350. The summed E-state index contributed by atoms with van der Waals surface area (Å²) in [5, 5.41) is 9.69. The maximum atomic E-state index is 11.5. The van der Waals surface area contributed by atoms with Crippen molar-refractivity contribution in [2.75, 3.05) is 13.1 Å². The SMILES string of the molecule is CCC(O)CC(C)(C)OC(C)CN1CCCC1=O. The van der Waals surface area contributed by atoms with Crippen molar-refractivity contribution in [3.63, 3.8) is 0 Å². The van der Waals surface area contributed by atoms with Gasteiger partial charge in [-0.3, -0.25) is 4.79 Å². The normalized spacial score (nSPS) is 20.3. The molecule has 0 spiro atoms. The summed E-state index contributed by atoms with van der Waals surface area (Å²) in [6.45, 7) is 9.45. The Morgan fingerprint density at radius 3 is 2.67 bits per heavy atom. The van der Waals surface area contributed by atoms with Crippen molar-refractivity contribution in [2.45, 2.75) is 71.2 Å². The second-order valence-electron chi connectivity index (χ2n) is 5.90. The lowest BCUT2D eigenvalue weighted by Crippen LogP contribution is -2.39. The van der Waals surface area contributed by atoms with Gasteiger partial charge in [0.05, 0.1) is 17.8 Å². The molecule has 1 rings (SSSR count). The molecule has 1 N–H and O–H groups in total. The van der Waals surface area contributed by atoms with Crippen LogP contribution in [0.5, 0.6) is 0 Å². The standard InChI is InChI=1S/C14H27NO3/c1-5-12(16)9-14(3,4)18-11(2)10-15-8-6-7-13(15)17/h11-12,16H,5-10H2,1-4H3. The van der Waals surface area contributed by atoms with Crippen LogP contribution in [0.3, 0.4) is 0 Å². The average molecular weight is 257 g/mol. The molecule has 0 aromatic rings. The fraction of sp³-hybridized carbons (Fsp3) is 0.929. The molecule has 1 aliphatic heterocycles. The zero-order valence-electron chi connectivity index (χ0n) is 12.1. The van der Waals surface area contributed by atoms with Gasteiger partial charge in [-0.25, -0.2) is 0 Å². The lowest BCUT2D eigenvalue weighted by molar-refractivity contribution is -0.133. The van der Waals surface area contributed by atoms with E-state index in [0.29, 0.717) is 19.4 Å². The number of likely N-dealkylation sites (tertiary alicyclic amines) is 1. The topological polar surface area (TPSA) is 49.8 Å². The Hall–Kier alpha value is -0.610. The molecule has 1 fully saturated rings. The number of aliphatic hydroxyl groups excluding tert-OH is 1. The molecule has 1 heterocycles. The van der Waals surface area contributed by atoms with Crippen LogP contribution in [0.15, 0.2) is 0 Å². The Morgan fingerprint density at radius 1 is 1.50 bits per heavy atom. The first-order chi connectivity index (χ1) is 8.34. The van der Waals surface area contributed by atoms with Crippen molar-refractivity contribution in [3.8, 4) is 0 Å². The number of ether oxygens (including phenoxy) is 1. The number of rotatable bonds is 7. The highest BCUT2D eigenvalue weighted by atomic mass is 16.5. The van der Waals surface area contributed by atoms with E-state index in [1.54, 1.807) is 0 Å². The highest BCUT2D eigenvalue weighted by Crippen LogP contribution is 2.21. The summed E-state index contributed by atoms with van der Waals surface area (Å²) >= 11 is 0. The number of hydrogen-bond donors (Lipinski definition) is 1. The summed E-state index contributed by atoms with van der Waals surface area (Å²) in [6.07, 6.45) is 2.69. The first-order valence-corrected chi connectivity index (χ1v) is 6.97. The molecule has 106 valence electrons. The van der Waals surface area contributed by atoms with E-state index in [0.717, 1.165) is 19.4 Å². The molecule has 1 saturated heterocycles. The smallest absolute Gasteiger partial charge is 0.222 e. The van der Waals surface area contributed by atoms with Gasteiger partial charge in [0, 0.05) is 25.9 Å². The van der Waals surface area contributed by atoms with Crippen molar-refractivity contribution in [3.05, 3.63) is 0 Å². The molecule has 0 aromatic carbocycles. The zero-order valence-corrected chi connectivity index (χ0v) is 12.1. The first-order valence-electron chi connectivity index (χ1n) is 6.97. The van der Waals surface area contributed by atoms with Gasteiger partial charge in [0.15, 0.2) is 0 Å². The minimum Gasteiger partial charge on any atom is -0.393 e. The quantitative estimate of drug-likeness (QED) is 0.758. The van der Waals surface area contributed by atoms with Crippen LogP contribution in [-0.4, -0.2) is 46.8 Å². The van der Waals surface area contributed by atoms with E-state index in [4.69, 9.17) is 4.74 Å². The van der Waals surface area contributed by atoms with Crippen LogP contribution in [-0.2, 0) is 9.53 Å². The van der Waals surface area contributed by atoms with Gasteiger partial charge in [0.2, 0.25) is 5.91 Å². The van der Waals surface area contributed by atoms with Crippen LogP contribution in [0.1, 0.15) is 53.4 Å². The molecule has 0 bridgehead atoms. The maximum Gasteiger partial charge on any atom is 0.222 e. The summed E-state index contributed by atoms with van der Waals surface area (Å²) < 4.78 is 5.97. The first kappa shape index (κ1) is 15.4. The van der Waals surface area contributed by atoms with E-state index >= 15 is 0 Å². The third kappa shape index (κ3) is 4.94. The maximum absolute atomic E-state index is 11.5. The van der Waals surface area contributed by atoms with Gasteiger partial charge in [-0.2, -0.15) is 0 Å².